The van der Waals surface area contributed by atoms with E-state index in [4.69, 9.17) is 4.74 Å². The summed E-state index contributed by atoms with van der Waals surface area (Å²) in [4.78, 5) is 0. The van der Waals surface area contributed by atoms with Crippen LogP contribution in [0, 0.1) is 22.7 Å². The molecule has 0 aliphatic heterocycles. The number of fused-ring (bicyclic) bond motifs is 1. The van der Waals surface area contributed by atoms with Crippen molar-refractivity contribution in [2.75, 3.05) is 7.11 Å². The molecule has 0 bridgehead atoms. The van der Waals surface area contributed by atoms with Crippen LogP contribution in [-0.4, -0.2) is 7.11 Å². The molecule has 3 nitrogen and oxygen atoms in total. The summed E-state index contributed by atoms with van der Waals surface area (Å²) in [6.45, 7) is 0. The molecule has 0 aromatic heterocycles. The zero-order chi connectivity index (χ0) is 22.3. The summed E-state index contributed by atoms with van der Waals surface area (Å²) in [5.74, 6) is 0.787. The number of allylic oxidation sites excluding steroid dienone is 3. The largest absolute Gasteiger partial charge is 0.497 e. The summed E-state index contributed by atoms with van der Waals surface area (Å²) in [7, 11) is 1.64. The lowest BCUT2D eigenvalue weighted by Crippen LogP contribution is -1.88. The van der Waals surface area contributed by atoms with Crippen molar-refractivity contribution in [3.63, 3.8) is 0 Å². The number of nitriles is 2. The van der Waals surface area contributed by atoms with Crippen LogP contribution in [0.2, 0.25) is 0 Å². The maximum absolute atomic E-state index is 9.52. The topological polar surface area (TPSA) is 56.8 Å². The maximum atomic E-state index is 9.52. The number of nitrogens with zero attached hydrogens (tertiary/aromatic N) is 2. The monoisotopic (exact) mass is 412 g/mol. The maximum Gasteiger partial charge on any atom is 0.137 e. The second-order valence-electron chi connectivity index (χ2n) is 7.26. The number of hydrogen-bond acceptors (Lipinski definition) is 3. The van der Waals surface area contributed by atoms with Crippen molar-refractivity contribution >= 4 is 22.4 Å². The third-order valence-corrected chi connectivity index (χ3v) is 5.31. The van der Waals surface area contributed by atoms with Crippen LogP contribution >= 0.6 is 0 Å². The van der Waals surface area contributed by atoms with E-state index < -0.39 is 0 Å². The van der Waals surface area contributed by atoms with Crippen molar-refractivity contribution < 1.29 is 4.74 Å². The van der Waals surface area contributed by atoms with E-state index in [2.05, 4.69) is 24.3 Å². The van der Waals surface area contributed by atoms with Crippen molar-refractivity contribution in [2.24, 2.45) is 0 Å². The van der Waals surface area contributed by atoms with Gasteiger partial charge in [0.1, 0.15) is 23.5 Å². The quantitative estimate of drug-likeness (QED) is 0.261. The number of benzene rings is 4. The first-order valence-corrected chi connectivity index (χ1v) is 10.2. The van der Waals surface area contributed by atoms with Crippen molar-refractivity contribution in [3.8, 4) is 29.0 Å². The molecule has 0 spiro atoms. The lowest BCUT2D eigenvalue weighted by molar-refractivity contribution is 0.415. The minimum absolute atomic E-state index is 0.0787. The van der Waals surface area contributed by atoms with Gasteiger partial charge in [-0.05, 0) is 51.2 Å². The molecule has 0 radical (unpaired) electrons. The molecule has 0 saturated heterocycles. The van der Waals surface area contributed by atoms with E-state index >= 15 is 0 Å². The highest BCUT2D eigenvalue weighted by Gasteiger charge is 2.08. The molecular formula is C29H20N2O. The third-order valence-electron chi connectivity index (χ3n) is 5.31. The molecule has 0 fully saturated rings. The fourth-order valence-corrected chi connectivity index (χ4v) is 3.58. The highest BCUT2D eigenvalue weighted by molar-refractivity contribution is 5.92. The van der Waals surface area contributed by atoms with Gasteiger partial charge in [0, 0.05) is 5.57 Å². The van der Waals surface area contributed by atoms with Gasteiger partial charge < -0.3 is 4.74 Å². The van der Waals surface area contributed by atoms with Gasteiger partial charge in [-0.3, -0.25) is 0 Å². The SMILES string of the molecule is COc1ccc2cc(C(/C=C/c3ccc(-c4ccccc4)cc3)=C(C#N)C#N)ccc2c1. The summed E-state index contributed by atoms with van der Waals surface area (Å²) in [6.07, 6.45) is 3.76. The molecule has 0 N–H and O–H groups in total. The molecule has 4 aromatic carbocycles. The van der Waals surface area contributed by atoms with E-state index in [-0.39, 0.29) is 5.57 Å². The van der Waals surface area contributed by atoms with E-state index in [1.54, 1.807) is 7.11 Å². The van der Waals surface area contributed by atoms with E-state index in [1.165, 1.54) is 0 Å². The van der Waals surface area contributed by atoms with Gasteiger partial charge in [0.25, 0.3) is 0 Å². The normalized spacial score (nSPS) is 10.5. The first-order valence-electron chi connectivity index (χ1n) is 10.2. The van der Waals surface area contributed by atoms with Crippen LogP contribution < -0.4 is 4.74 Å². The summed E-state index contributed by atoms with van der Waals surface area (Å²) >= 11 is 0. The van der Waals surface area contributed by atoms with Gasteiger partial charge >= 0.3 is 0 Å². The molecule has 0 heterocycles. The molecule has 3 heteroatoms. The Morgan fingerprint density at radius 3 is 2.09 bits per heavy atom. The minimum Gasteiger partial charge on any atom is -0.497 e. The Labute approximate surface area is 187 Å². The highest BCUT2D eigenvalue weighted by Crippen LogP contribution is 2.28. The van der Waals surface area contributed by atoms with Gasteiger partial charge in [-0.25, -0.2) is 0 Å². The van der Waals surface area contributed by atoms with Crippen molar-refractivity contribution in [2.45, 2.75) is 0 Å². The standard InChI is InChI=1S/C29H20N2O/c1-32-28-15-14-24-17-26(13-12-25(24)18-28)29(27(19-30)20-31)16-9-21-7-10-23(11-8-21)22-5-3-2-4-6-22/h2-18H,1H3/b16-9+. The second-order valence-corrected chi connectivity index (χ2v) is 7.26. The van der Waals surface area contributed by atoms with E-state index in [0.717, 1.165) is 38.8 Å². The van der Waals surface area contributed by atoms with Crippen LogP contribution in [0.4, 0.5) is 0 Å². The molecule has 0 aliphatic carbocycles. The number of rotatable bonds is 5. The van der Waals surface area contributed by atoms with Crippen molar-refractivity contribution in [3.05, 3.63) is 114 Å². The first-order chi connectivity index (χ1) is 15.7. The predicted molar refractivity (Wildman–Crippen MR) is 130 cm³/mol. The van der Waals surface area contributed by atoms with Crippen LogP contribution in [0.1, 0.15) is 11.1 Å². The predicted octanol–water partition coefficient (Wildman–Crippen LogP) is 7.03. The number of ether oxygens (including phenoxy) is 1. The minimum atomic E-state index is 0.0787. The van der Waals surface area contributed by atoms with Gasteiger partial charge in [0.15, 0.2) is 0 Å². The Bertz CT molecular complexity index is 1380. The third kappa shape index (κ3) is 4.43. The summed E-state index contributed by atoms with van der Waals surface area (Å²) in [5.41, 5.74) is 4.78. The Kier molecular flexibility index (Phi) is 6.12. The molecule has 0 unspecified atom stereocenters. The van der Waals surface area contributed by atoms with Crippen LogP contribution in [0.15, 0.2) is 103 Å². The molecule has 0 saturated carbocycles. The number of methoxy groups -OCH3 is 1. The summed E-state index contributed by atoms with van der Waals surface area (Å²) in [5, 5.41) is 21.1. The Balaban J connectivity index is 1.68. The molecule has 152 valence electrons. The zero-order valence-electron chi connectivity index (χ0n) is 17.6. The Hall–Kier alpha value is -4.60. The average Bonchev–Trinajstić information content (AvgIpc) is 2.86. The molecule has 0 aliphatic rings. The van der Waals surface area contributed by atoms with Gasteiger partial charge in [-0.15, -0.1) is 0 Å². The summed E-state index contributed by atoms with van der Waals surface area (Å²) < 4.78 is 5.29. The average molecular weight is 412 g/mol. The molecular weight excluding hydrogens is 392 g/mol. The molecule has 0 amide bonds. The molecule has 0 atom stereocenters. The zero-order valence-corrected chi connectivity index (χ0v) is 17.6. The van der Waals surface area contributed by atoms with E-state index in [1.807, 2.05) is 91.0 Å². The van der Waals surface area contributed by atoms with Crippen LogP contribution in [-0.2, 0) is 0 Å². The van der Waals surface area contributed by atoms with Crippen molar-refractivity contribution in [1.29, 1.82) is 10.5 Å². The highest BCUT2D eigenvalue weighted by atomic mass is 16.5. The fourth-order valence-electron chi connectivity index (χ4n) is 3.58. The summed E-state index contributed by atoms with van der Waals surface area (Å²) in [6, 6.07) is 34.2. The fraction of sp³-hybridized carbons (Fsp3) is 0.0345. The van der Waals surface area contributed by atoms with Gasteiger partial charge in [0.2, 0.25) is 0 Å². The molecule has 4 aromatic rings. The van der Waals surface area contributed by atoms with Gasteiger partial charge in [-0.1, -0.05) is 84.9 Å². The van der Waals surface area contributed by atoms with E-state index in [0.29, 0.717) is 5.57 Å². The lowest BCUT2D eigenvalue weighted by atomic mass is 9.96. The lowest BCUT2D eigenvalue weighted by Gasteiger charge is -2.07. The number of hydrogen-bond donors (Lipinski definition) is 0. The molecule has 32 heavy (non-hydrogen) atoms. The Morgan fingerprint density at radius 1 is 0.750 bits per heavy atom. The van der Waals surface area contributed by atoms with Crippen LogP contribution in [0.3, 0.4) is 0 Å². The van der Waals surface area contributed by atoms with Gasteiger partial charge in [-0.2, -0.15) is 10.5 Å². The van der Waals surface area contributed by atoms with E-state index in [9.17, 15) is 10.5 Å². The van der Waals surface area contributed by atoms with Crippen LogP contribution in [0.5, 0.6) is 5.75 Å². The van der Waals surface area contributed by atoms with Gasteiger partial charge in [0.05, 0.1) is 7.11 Å². The Morgan fingerprint density at radius 2 is 1.41 bits per heavy atom. The first kappa shape index (κ1) is 20.7. The van der Waals surface area contributed by atoms with Crippen LogP contribution in [0.25, 0.3) is 33.5 Å². The molecule has 4 rings (SSSR count). The smallest absolute Gasteiger partial charge is 0.137 e. The van der Waals surface area contributed by atoms with Crippen molar-refractivity contribution in [1.82, 2.24) is 0 Å². The second kappa shape index (κ2) is 9.47.